The van der Waals surface area contributed by atoms with E-state index in [1.165, 1.54) is 20.3 Å². The van der Waals surface area contributed by atoms with Crippen LogP contribution < -0.4 is 14.8 Å². The fourth-order valence-electron chi connectivity index (χ4n) is 2.25. The first-order chi connectivity index (χ1) is 11.4. The van der Waals surface area contributed by atoms with E-state index in [2.05, 4.69) is 26.1 Å². The second-order valence-electron chi connectivity index (χ2n) is 4.86. The molecule has 1 amide bonds. The van der Waals surface area contributed by atoms with Gasteiger partial charge in [0.15, 0.2) is 0 Å². The summed E-state index contributed by atoms with van der Waals surface area (Å²) in [6.07, 6.45) is 0. The number of likely N-dealkylation sites (N-methyl/N-ethyl adjacent to an activating group) is 1. The number of carbonyl (C=O) groups excluding carboxylic acids is 1. The zero-order valence-electron chi connectivity index (χ0n) is 14.2. The van der Waals surface area contributed by atoms with Gasteiger partial charge in [-0.2, -0.15) is 0 Å². The van der Waals surface area contributed by atoms with Gasteiger partial charge < -0.3 is 19.7 Å². The van der Waals surface area contributed by atoms with Gasteiger partial charge in [-0.1, -0.05) is 13.8 Å². The summed E-state index contributed by atoms with van der Waals surface area (Å²) < 4.78 is 10.4. The maximum Gasteiger partial charge on any atom is 0.325 e. The number of nitro groups is 1. The first-order valence-electron chi connectivity index (χ1n) is 7.50. The predicted molar refractivity (Wildman–Crippen MR) is 94.0 cm³/mol. The van der Waals surface area contributed by atoms with Gasteiger partial charge in [0.1, 0.15) is 11.3 Å². The van der Waals surface area contributed by atoms with Crippen molar-refractivity contribution >= 4 is 27.5 Å². The van der Waals surface area contributed by atoms with Crippen molar-refractivity contribution in [2.45, 2.75) is 13.8 Å². The molecule has 0 aromatic heterocycles. The third-order valence-electron chi connectivity index (χ3n) is 3.63. The van der Waals surface area contributed by atoms with E-state index in [1.807, 2.05) is 13.8 Å². The summed E-state index contributed by atoms with van der Waals surface area (Å²) >= 11 is 3.22. The molecule has 9 heteroatoms. The molecule has 0 bridgehead atoms. The SMILES string of the molecule is CCN(CC)CCNC(=O)c1c(Br)c(OC)cc(OC)c1[N+](=O)[O-]. The van der Waals surface area contributed by atoms with Crippen LogP contribution in [0.15, 0.2) is 10.5 Å². The molecule has 0 saturated heterocycles. The highest BCUT2D eigenvalue weighted by Gasteiger charge is 2.31. The number of methoxy groups -OCH3 is 2. The second-order valence-corrected chi connectivity index (χ2v) is 5.65. The lowest BCUT2D eigenvalue weighted by atomic mass is 10.1. The fraction of sp³-hybridized carbons (Fsp3) is 0.533. The summed E-state index contributed by atoms with van der Waals surface area (Å²) in [6, 6.07) is 1.37. The summed E-state index contributed by atoms with van der Waals surface area (Å²) in [5, 5.41) is 14.1. The molecule has 0 aliphatic rings. The Morgan fingerprint density at radius 1 is 1.29 bits per heavy atom. The molecule has 8 nitrogen and oxygen atoms in total. The van der Waals surface area contributed by atoms with Crippen molar-refractivity contribution in [3.8, 4) is 11.5 Å². The van der Waals surface area contributed by atoms with Crippen molar-refractivity contribution in [1.82, 2.24) is 10.2 Å². The van der Waals surface area contributed by atoms with Crippen LogP contribution in [0.4, 0.5) is 5.69 Å². The Hall–Kier alpha value is -1.87. The van der Waals surface area contributed by atoms with Gasteiger partial charge in [0.25, 0.3) is 5.91 Å². The molecule has 0 spiro atoms. The molecular formula is C15H22BrN3O5. The number of rotatable bonds is 9. The van der Waals surface area contributed by atoms with Crippen LogP contribution in [0.3, 0.4) is 0 Å². The molecule has 0 radical (unpaired) electrons. The largest absolute Gasteiger partial charge is 0.495 e. The summed E-state index contributed by atoms with van der Waals surface area (Å²) in [5.74, 6) is -0.307. The van der Waals surface area contributed by atoms with Crippen molar-refractivity contribution in [1.29, 1.82) is 0 Å². The minimum Gasteiger partial charge on any atom is -0.495 e. The Bertz CT molecular complexity index is 605. The molecule has 0 aliphatic carbocycles. The van der Waals surface area contributed by atoms with Crippen molar-refractivity contribution < 1.29 is 19.2 Å². The summed E-state index contributed by atoms with van der Waals surface area (Å²) in [5.41, 5.74) is -0.513. The third kappa shape index (κ3) is 4.57. The summed E-state index contributed by atoms with van der Waals surface area (Å²) in [7, 11) is 2.71. The number of carbonyl (C=O) groups is 1. The Morgan fingerprint density at radius 3 is 2.33 bits per heavy atom. The predicted octanol–water partition coefficient (Wildman–Crippen LogP) is 2.45. The molecule has 0 aliphatic heterocycles. The number of nitro benzene ring substituents is 1. The fourth-order valence-corrected chi connectivity index (χ4v) is 2.89. The molecule has 0 unspecified atom stereocenters. The first-order valence-corrected chi connectivity index (χ1v) is 8.29. The van der Waals surface area contributed by atoms with Gasteiger partial charge in [0, 0.05) is 19.2 Å². The smallest absolute Gasteiger partial charge is 0.325 e. The maximum atomic E-state index is 12.5. The highest BCUT2D eigenvalue weighted by atomic mass is 79.9. The Morgan fingerprint density at radius 2 is 1.88 bits per heavy atom. The van der Waals surface area contributed by atoms with Gasteiger partial charge in [-0.25, -0.2) is 0 Å². The Labute approximate surface area is 149 Å². The number of halogens is 1. The van der Waals surface area contributed by atoms with E-state index in [-0.39, 0.29) is 21.5 Å². The van der Waals surface area contributed by atoms with Crippen LogP contribution in [-0.2, 0) is 0 Å². The molecule has 1 aromatic carbocycles. The third-order valence-corrected chi connectivity index (χ3v) is 4.41. The molecule has 0 atom stereocenters. The van der Waals surface area contributed by atoms with Gasteiger partial charge in [-0.15, -0.1) is 0 Å². The van der Waals surface area contributed by atoms with E-state index in [9.17, 15) is 14.9 Å². The average molecular weight is 404 g/mol. The van der Waals surface area contributed by atoms with Crippen LogP contribution in [0.1, 0.15) is 24.2 Å². The van der Waals surface area contributed by atoms with Crippen LogP contribution in [0.25, 0.3) is 0 Å². The van der Waals surface area contributed by atoms with Crippen LogP contribution in [0.2, 0.25) is 0 Å². The molecule has 24 heavy (non-hydrogen) atoms. The minimum absolute atomic E-state index is 0.0334. The number of nitrogens with zero attached hydrogens (tertiary/aromatic N) is 2. The monoisotopic (exact) mass is 403 g/mol. The summed E-state index contributed by atoms with van der Waals surface area (Å²) in [4.78, 5) is 25.4. The van der Waals surface area contributed by atoms with E-state index in [1.54, 1.807) is 0 Å². The van der Waals surface area contributed by atoms with Crippen molar-refractivity contribution in [2.24, 2.45) is 0 Å². The van der Waals surface area contributed by atoms with Crippen molar-refractivity contribution in [3.63, 3.8) is 0 Å². The van der Waals surface area contributed by atoms with Gasteiger partial charge in [0.2, 0.25) is 5.75 Å². The molecule has 0 heterocycles. The summed E-state index contributed by atoms with van der Waals surface area (Å²) in [6.45, 7) is 6.82. The maximum absolute atomic E-state index is 12.5. The topological polar surface area (TPSA) is 93.9 Å². The van der Waals surface area contributed by atoms with E-state index < -0.39 is 16.5 Å². The first kappa shape index (κ1) is 20.2. The van der Waals surface area contributed by atoms with Gasteiger partial charge in [-0.3, -0.25) is 14.9 Å². The zero-order chi connectivity index (χ0) is 18.3. The van der Waals surface area contributed by atoms with Crippen LogP contribution in [-0.4, -0.2) is 56.1 Å². The van der Waals surface area contributed by atoms with Gasteiger partial charge in [-0.05, 0) is 29.0 Å². The van der Waals surface area contributed by atoms with Gasteiger partial charge >= 0.3 is 5.69 Å². The number of hydrogen-bond acceptors (Lipinski definition) is 6. The van der Waals surface area contributed by atoms with Crippen molar-refractivity contribution in [3.05, 3.63) is 26.2 Å². The van der Waals surface area contributed by atoms with E-state index in [0.717, 1.165) is 13.1 Å². The standard InChI is InChI=1S/C15H22BrN3O5/c1-5-18(6-2)8-7-17-15(20)12-13(16)10(23-3)9-11(24-4)14(12)19(21)22/h9H,5-8H2,1-4H3,(H,17,20). The average Bonchev–Trinajstić information content (AvgIpc) is 2.57. The lowest BCUT2D eigenvalue weighted by molar-refractivity contribution is -0.386. The van der Waals surface area contributed by atoms with Crippen LogP contribution >= 0.6 is 15.9 Å². The number of amides is 1. The quantitative estimate of drug-likeness (QED) is 0.502. The van der Waals surface area contributed by atoms with Gasteiger partial charge in [0.05, 0.1) is 23.6 Å². The van der Waals surface area contributed by atoms with Crippen LogP contribution in [0, 0.1) is 10.1 Å². The molecule has 1 N–H and O–H groups in total. The molecule has 134 valence electrons. The van der Waals surface area contributed by atoms with E-state index >= 15 is 0 Å². The highest BCUT2D eigenvalue weighted by molar-refractivity contribution is 9.10. The highest BCUT2D eigenvalue weighted by Crippen LogP contribution is 2.42. The van der Waals surface area contributed by atoms with E-state index in [0.29, 0.717) is 13.1 Å². The lowest BCUT2D eigenvalue weighted by Crippen LogP contribution is -2.35. The minimum atomic E-state index is -0.637. The number of ether oxygens (including phenoxy) is 2. The number of benzene rings is 1. The normalized spacial score (nSPS) is 10.6. The van der Waals surface area contributed by atoms with E-state index in [4.69, 9.17) is 9.47 Å². The second kappa shape index (κ2) is 9.43. The number of hydrogen-bond donors (Lipinski definition) is 1. The molecule has 1 aromatic rings. The zero-order valence-corrected chi connectivity index (χ0v) is 15.8. The molecule has 1 rings (SSSR count). The lowest BCUT2D eigenvalue weighted by Gasteiger charge is -2.18. The van der Waals surface area contributed by atoms with Crippen molar-refractivity contribution in [2.75, 3.05) is 40.4 Å². The molecule has 0 fully saturated rings. The Kier molecular flexibility index (Phi) is 7.93. The number of nitrogens with one attached hydrogen (secondary N) is 1. The van der Waals surface area contributed by atoms with Crippen LogP contribution in [0.5, 0.6) is 11.5 Å². The molecule has 0 saturated carbocycles. The Balaban J connectivity index is 3.15. The molecular weight excluding hydrogens is 382 g/mol.